The van der Waals surface area contributed by atoms with E-state index in [-0.39, 0.29) is 17.4 Å². The average molecular weight is 363 g/mol. The lowest BCUT2D eigenvalue weighted by Gasteiger charge is -2.33. The second-order valence-electron chi connectivity index (χ2n) is 8.02. The summed E-state index contributed by atoms with van der Waals surface area (Å²) in [5.41, 5.74) is 6.01. The first-order chi connectivity index (χ1) is 11.7. The van der Waals surface area contributed by atoms with Crippen molar-refractivity contribution in [3.8, 4) is 0 Å². The Balaban J connectivity index is 1.56. The summed E-state index contributed by atoms with van der Waals surface area (Å²) in [6.45, 7) is 6.76. The maximum atomic E-state index is 12.3. The molecule has 25 heavy (non-hydrogen) atoms. The number of hydrazine groups is 1. The van der Waals surface area contributed by atoms with E-state index in [2.05, 4.69) is 36.9 Å². The Morgan fingerprint density at radius 2 is 1.80 bits per heavy atom. The zero-order valence-electron chi connectivity index (χ0n) is 14.9. The Morgan fingerprint density at radius 3 is 2.44 bits per heavy atom. The molecule has 1 aromatic rings. The van der Waals surface area contributed by atoms with Crippen LogP contribution in [0.25, 0.3) is 0 Å². The molecule has 0 aromatic carbocycles. The highest BCUT2D eigenvalue weighted by Crippen LogP contribution is 2.40. The third-order valence-electron chi connectivity index (χ3n) is 4.94. The van der Waals surface area contributed by atoms with Gasteiger partial charge in [0.2, 0.25) is 0 Å². The molecule has 0 aliphatic heterocycles. The minimum Gasteiger partial charge on any atom is -0.345 e. The number of fused-ring (bicyclic) bond motifs is 1. The molecule has 136 valence electrons. The van der Waals surface area contributed by atoms with Gasteiger partial charge < -0.3 is 5.32 Å². The average Bonchev–Trinajstić information content (AvgIpc) is 3.25. The molecule has 3 N–H and O–H groups in total. The van der Waals surface area contributed by atoms with Gasteiger partial charge in [-0.25, -0.2) is 0 Å². The van der Waals surface area contributed by atoms with E-state index >= 15 is 0 Å². The molecule has 0 saturated heterocycles. The van der Waals surface area contributed by atoms with Gasteiger partial charge in [0, 0.05) is 10.9 Å². The Morgan fingerprint density at radius 1 is 1.08 bits per heavy atom. The molecule has 2 aliphatic carbocycles. The number of rotatable bonds is 2. The first-order valence-electron chi connectivity index (χ1n) is 8.77. The van der Waals surface area contributed by atoms with Crippen LogP contribution in [0.4, 0.5) is 0 Å². The van der Waals surface area contributed by atoms with Crippen molar-refractivity contribution in [1.29, 1.82) is 0 Å². The number of aryl methyl sites for hydroxylation is 1. The fourth-order valence-electron chi connectivity index (χ4n) is 3.09. The predicted octanol–water partition coefficient (Wildman–Crippen LogP) is 1.94. The topological polar surface area (TPSA) is 87.3 Å². The van der Waals surface area contributed by atoms with Gasteiger partial charge in [-0.2, -0.15) is 0 Å². The van der Waals surface area contributed by atoms with Gasteiger partial charge in [-0.1, -0.05) is 20.8 Å². The third-order valence-corrected chi connectivity index (χ3v) is 6.18. The van der Waals surface area contributed by atoms with Crippen LogP contribution in [0, 0.1) is 11.3 Å². The van der Waals surface area contributed by atoms with Crippen molar-refractivity contribution in [2.24, 2.45) is 11.3 Å². The van der Waals surface area contributed by atoms with E-state index in [0.29, 0.717) is 10.8 Å². The van der Waals surface area contributed by atoms with E-state index in [1.807, 2.05) is 6.07 Å². The number of thiophene rings is 1. The normalized spacial score (nSPS) is 19.7. The summed E-state index contributed by atoms with van der Waals surface area (Å²) < 4.78 is 0. The summed E-state index contributed by atoms with van der Waals surface area (Å²) >= 11 is 1.47. The van der Waals surface area contributed by atoms with Crippen LogP contribution in [0.2, 0.25) is 0 Å². The molecule has 2 aliphatic rings. The van der Waals surface area contributed by atoms with Gasteiger partial charge in [0.15, 0.2) is 0 Å². The van der Waals surface area contributed by atoms with Crippen LogP contribution in [0.1, 0.15) is 60.1 Å². The fraction of sp³-hybridized carbons (Fsp3) is 0.611. The predicted molar refractivity (Wildman–Crippen MR) is 96.1 cm³/mol. The molecule has 0 bridgehead atoms. The molecule has 0 radical (unpaired) electrons. The Labute approximate surface area is 151 Å². The smallest absolute Gasteiger partial charge is 0.327 e. The molecule has 0 unspecified atom stereocenters. The summed E-state index contributed by atoms with van der Waals surface area (Å²) in [6, 6.07) is 2.03. The van der Waals surface area contributed by atoms with Gasteiger partial charge >= 0.3 is 11.8 Å². The molecule has 6 nitrogen and oxygen atoms in total. The van der Waals surface area contributed by atoms with Crippen molar-refractivity contribution in [2.45, 2.75) is 58.9 Å². The van der Waals surface area contributed by atoms with E-state index in [1.165, 1.54) is 21.8 Å². The maximum Gasteiger partial charge on any atom is 0.327 e. The second kappa shape index (κ2) is 6.78. The minimum absolute atomic E-state index is 0.105. The van der Waals surface area contributed by atoms with Crippen LogP contribution < -0.4 is 16.2 Å². The molecule has 3 rings (SSSR count). The van der Waals surface area contributed by atoms with Crippen molar-refractivity contribution in [2.75, 3.05) is 0 Å². The van der Waals surface area contributed by atoms with Gasteiger partial charge in [0.1, 0.15) is 0 Å². The molecule has 0 spiro atoms. The van der Waals surface area contributed by atoms with Crippen molar-refractivity contribution in [1.82, 2.24) is 16.2 Å². The van der Waals surface area contributed by atoms with E-state index in [9.17, 15) is 14.4 Å². The van der Waals surface area contributed by atoms with Crippen LogP contribution in [-0.2, 0) is 22.4 Å². The molecule has 1 saturated carbocycles. The largest absolute Gasteiger partial charge is 0.345 e. The SMILES string of the molecule is CC(C)(C)[C@H]1CCc2sc(C(=O)NNC(=O)C(=O)NC3CC3)cc2C1. The molecular weight excluding hydrogens is 338 g/mol. The number of amides is 3. The summed E-state index contributed by atoms with van der Waals surface area (Å²) in [5, 5.41) is 2.58. The number of hydrogen-bond acceptors (Lipinski definition) is 4. The highest BCUT2D eigenvalue weighted by atomic mass is 32.1. The van der Waals surface area contributed by atoms with Gasteiger partial charge in [-0.3, -0.25) is 25.2 Å². The van der Waals surface area contributed by atoms with Gasteiger partial charge in [0.25, 0.3) is 5.91 Å². The second-order valence-corrected chi connectivity index (χ2v) is 9.16. The Kier molecular flexibility index (Phi) is 4.86. The van der Waals surface area contributed by atoms with Gasteiger partial charge in [0.05, 0.1) is 4.88 Å². The van der Waals surface area contributed by atoms with Crippen LogP contribution in [0.3, 0.4) is 0 Å². The monoisotopic (exact) mass is 363 g/mol. The third kappa shape index (κ3) is 4.39. The summed E-state index contributed by atoms with van der Waals surface area (Å²) in [5.74, 6) is -1.31. The lowest BCUT2D eigenvalue weighted by Crippen LogP contribution is -2.48. The first-order valence-corrected chi connectivity index (χ1v) is 9.58. The van der Waals surface area contributed by atoms with Gasteiger partial charge in [-0.05, 0) is 55.1 Å². The molecular formula is C18H25N3O3S. The number of carbonyl (C=O) groups excluding carboxylic acids is 3. The minimum atomic E-state index is -0.839. The van der Waals surface area contributed by atoms with E-state index in [1.54, 1.807) is 0 Å². The maximum absolute atomic E-state index is 12.3. The van der Waals surface area contributed by atoms with E-state index in [0.717, 1.165) is 32.1 Å². The van der Waals surface area contributed by atoms with E-state index < -0.39 is 11.8 Å². The lowest BCUT2D eigenvalue weighted by atomic mass is 9.72. The summed E-state index contributed by atoms with van der Waals surface area (Å²) in [4.78, 5) is 37.3. The van der Waals surface area contributed by atoms with Crippen LogP contribution in [-0.4, -0.2) is 23.8 Å². The van der Waals surface area contributed by atoms with Crippen LogP contribution in [0.15, 0.2) is 6.07 Å². The Bertz CT molecular complexity index is 701. The number of nitrogens with one attached hydrogen (secondary N) is 3. The van der Waals surface area contributed by atoms with E-state index in [4.69, 9.17) is 0 Å². The molecule has 1 atom stereocenters. The number of carbonyl (C=O) groups is 3. The fourth-order valence-corrected chi connectivity index (χ4v) is 4.19. The molecule has 1 fully saturated rings. The molecule has 7 heteroatoms. The molecule has 1 heterocycles. The molecule has 1 aromatic heterocycles. The lowest BCUT2D eigenvalue weighted by molar-refractivity contribution is -0.139. The van der Waals surface area contributed by atoms with Crippen molar-refractivity contribution in [3.63, 3.8) is 0 Å². The summed E-state index contributed by atoms with van der Waals surface area (Å²) in [6.07, 6.45) is 4.92. The number of hydrogen-bond donors (Lipinski definition) is 3. The van der Waals surface area contributed by atoms with Crippen molar-refractivity contribution >= 4 is 29.1 Å². The summed E-state index contributed by atoms with van der Waals surface area (Å²) in [7, 11) is 0. The zero-order chi connectivity index (χ0) is 18.2. The van der Waals surface area contributed by atoms with Crippen molar-refractivity contribution in [3.05, 3.63) is 21.4 Å². The standard InChI is InChI=1S/C18H25N3O3S/c1-18(2,3)11-4-7-13-10(8-11)9-14(25-13)15(22)20-21-17(24)16(23)19-12-5-6-12/h9,11-12H,4-8H2,1-3H3,(H,19,23)(H,20,22)(H,21,24)/t11-/m0/s1. The van der Waals surface area contributed by atoms with Crippen LogP contribution >= 0.6 is 11.3 Å². The first kappa shape index (κ1) is 17.9. The molecule has 3 amide bonds. The van der Waals surface area contributed by atoms with Crippen molar-refractivity contribution < 1.29 is 14.4 Å². The van der Waals surface area contributed by atoms with Crippen LogP contribution in [0.5, 0.6) is 0 Å². The quantitative estimate of drug-likeness (QED) is 0.554. The Hall–Kier alpha value is -1.89. The highest BCUT2D eigenvalue weighted by Gasteiger charge is 2.31. The zero-order valence-corrected chi connectivity index (χ0v) is 15.7. The highest BCUT2D eigenvalue weighted by molar-refractivity contribution is 7.14. The van der Waals surface area contributed by atoms with Gasteiger partial charge in [-0.15, -0.1) is 11.3 Å².